The quantitative estimate of drug-likeness (QED) is 0.751. The Hall–Kier alpha value is -2.03. The summed E-state index contributed by atoms with van der Waals surface area (Å²) >= 11 is 0. The van der Waals surface area contributed by atoms with Gasteiger partial charge in [-0.3, -0.25) is 4.79 Å². The lowest BCUT2D eigenvalue weighted by molar-refractivity contribution is 0.103. The van der Waals surface area contributed by atoms with Crippen LogP contribution >= 0.6 is 0 Å². The van der Waals surface area contributed by atoms with Crippen molar-refractivity contribution in [2.75, 3.05) is 0 Å². The van der Waals surface area contributed by atoms with E-state index in [0.29, 0.717) is 11.5 Å². The molecule has 2 aromatic carbocycles. The first-order valence-corrected chi connectivity index (χ1v) is 6.08. The number of carbonyl (C=O) groups excluding carboxylic acids is 1. The molecule has 0 aromatic heterocycles. The van der Waals surface area contributed by atoms with Crippen LogP contribution < -0.4 is 0 Å². The summed E-state index contributed by atoms with van der Waals surface area (Å²) in [5.74, 6) is -1.60. The van der Waals surface area contributed by atoms with Crippen LogP contribution in [0, 0.1) is 11.6 Å². The number of rotatable bonds is 3. The number of hydrogen-bond donors (Lipinski definition) is 0. The predicted octanol–water partition coefficient (Wildman–Crippen LogP) is 4.32. The summed E-state index contributed by atoms with van der Waals surface area (Å²) in [6, 6.07) is 10.00. The van der Waals surface area contributed by atoms with Gasteiger partial charge in [0.05, 0.1) is 5.56 Å². The molecule has 2 rings (SSSR count). The Morgan fingerprint density at radius 3 is 2.16 bits per heavy atom. The van der Waals surface area contributed by atoms with Gasteiger partial charge in [0, 0.05) is 11.6 Å². The van der Waals surface area contributed by atoms with E-state index in [9.17, 15) is 13.6 Å². The molecule has 0 bridgehead atoms. The van der Waals surface area contributed by atoms with Crippen LogP contribution in [0.1, 0.15) is 41.3 Å². The molecule has 2 aromatic rings. The molecule has 19 heavy (non-hydrogen) atoms. The van der Waals surface area contributed by atoms with Crippen molar-refractivity contribution in [1.82, 2.24) is 0 Å². The van der Waals surface area contributed by atoms with Gasteiger partial charge in [-0.15, -0.1) is 0 Å². The molecule has 0 saturated carbocycles. The SMILES string of the molecule is CC(C)c1ccc(C(=O)c2ccc(F)cc2F)cc1. The molecule has 3 heteroatoms. The Morgan fingerprint density at radius 2 is 1.63 bits per heavy atom. The second-order valence-electron chi connectivity index (χ2n) is 4.73. The zero-order chi connectivity index (χ0) is 14.0. The highest BCUT2D eigenvalue weighted by Gasteiger charge is 2.14. The maximum Gasteiger partial charge on any atom is 0.195 e. The topological polar surface area (TPSA) is 17.1 Å². The van der Waals surface area contributed by atoms with Crippen LogP contribution in [0.2, 0.25) is 0 Å². The average Bonchev–Trinajstić information content (AvgIpc) is 2.38. The van der Waals surface area contributed by atoms with Crippen LogP contribution in [0.25, 0.3) is 0 Å². The van der Waals surface area contributed by atoms with Gasteiger partial charge >= 0.3 is 0 Å². The maximum absolute atomic E-state index is 13.5. The van der Waals surface area contributed by atoms with E-state index in [-0.39, 0.29) is 5.56 Å². The van der Waals surface area contributed by atoms with E-state index in [1.807, 2.05) is 12.1 Å². The molecule has 1 nitrogen and oxygen atoms in total. The van der Waals surface area contributed by atoms with E-state index in [1.165, 1.54) is 6.07 Å². The second kappa shape index (κ2) is 5.31. The molecule has 0 radical (unpaired) electrons. The number of halogens is 2. The van der Waals surface area contributed by atoms with Gasteiger partial charge in [-0.1, -0.05) is 38.1 Å². The van der Waals surface area contributed by atoms with Gasteiger partial charge in [-0.25, -0.2) is 8.78 Å². The molecule has 0 aliphatic carbocycles. The largest absolute Gasteiger partial charge is 0.288 e. The van der Waals surface area contributed by atoms with Gasteiger partial charge < -0.3 is 0 Å². The first-order valence-electron chi connectivity index (χ1n) is 6.08. The van der Waals surface area contributed by atoms with Crippen molar-refractivity contribution in [3.8, 4) is 0 Å². The second-order valence-corrected chi connectivity index (χ2v) is 4.73. The fourth-order valence-electron chi connectivity index (χ4n) is 1.85. The Bertz CT molecular complexity index is 601. The maximum atomic E-state index is 13.5. The molecule has 0 fully saturated rings. The Balaban J connectivity index is 2.33. The normalized spacial score (nSPS) is 10.8. The summed E-state index contributed by atoms with van der Waals surface area (Å²) in [4.78, 5) is 12.1. The zero-order valence-corrected chi connectivity index (χ0v) is 10.8. The van der Waals surface area contributed by atoms with Gasteiger partial charge in [-0.2, -0.15) is 0 Å². The lowest BCUT2D eigenvalue weighted by Gasteiger charge is -2.07. The molecule has 0 amide bonds. The molecular weight excluding hydrogens is 246 g/mol. The highest BCUT2D eigenvalue weighted by atomic mass is 19.1. The third-order valence-electron chi connectivity index (χ3n) is 3.02. The summed E-state index contributed by atoms with van der Waals surface area (Å²) in [6.07, 6.45) is 0. The van der Waals surface area contributed by atoms with Crippen molar-refractivity contribution in [1.29, 1.82) is 0 Å². The third-order valence-corrected chi connectivity index (χ3v) is 3.02. The van der Waals surface area contributed by atoms with E-state index >= 15 is 0 Å². The van der Waals surface area contributed by atoms with Gasteiger partial charge in [0.15, 0.2) is 5.78 Å². The van der Waals surface area contributed by atoms with Crippen LogP contribution in [0.3, 0.4) is 0 Å². The molecule has 0 atom stereocenters. The molecule has 0 heterocycles. The molecule has 98 valence electrons. The molecule has 0 aliphatic heterocycles. The van der Waals surface area contributed by atoms with E-state index < -0.39 is 17.4 Å². The van der Waals surface area contributed by atoms with E-state index in [0.717, 1.165) is 17.7 Å². The first-order chi connectivity index (χ1) is 8.99. The van der Waals surface area contributed by atoms with E-state index in [1.54, 1.807) is 12.1 Å². The Labute approximate surface area is 110 Å². The lowest BCUT2D eigenvalue weighted by Crippen LogP contribution is -2.05. The van der Waals surface area contributed by atoms with Crippen LogP contribution in [0.4, 0.5) is 8.78 Å². The minimum Gasteiger partial charge on any atom is -0.288 e. The average molecular weight is 260 g/mol. The summed E-state index contributed by atoms with van der Waals surface area (Å²) in [6.45, 7) is 4.10. The number of ketones is 1. The van der Waals surface area contributed by atoms with Gasteiger partial charge in [0.2, 0.25) is 0 Å². The Morgan fingerprint density at radius 1 is 1.00 bits per heavy atom. The summed E-state index contributed by atoms with van der Waals surface area (Å²) in [5, 5.41) is 0. The number of benzene rings is 2. The minimum atomic E-state index is -0.835. The number of hydrogen-bond acceptors (Lipinski definition) is 1. The van der Waals surface area contributed by atoms with Crippen molar-refractivity contribution in [2.24, 2.45) is 0 Å². The van der Waals surface area contributed by atoms with Crippen molar-refractivity contribution >= 4 is 5.78 Å². The van der Waals surface area contributed by atoms with E-state index in [4.69, 9.17) is 0 Å². The fourth-order valence-corrected chi connectivity index (χ4v) is 1.85. The van der Waals surface area contributed by atoms with Crippen LogP contribution in [-0.4, -0.2) is 5.78 Å². The standard InChI is InChI=1S/C16H14F2O/c1-10(2)11-3-5-12(6-4-11)16(19)14-8-7-13(17)9-15(14)18/h3-10H,1-2H3. The Kier molecular flexibility index (Phi) is 3.74. The molecule has 0 N–H and O–H groups in total. The van der Waals surface area contributed by atoms with Gasteiger partial charge in [0.25, 0.3) is 0 Å². The van der Waals surface area contributed by atoms with Crippen molar-refractivity contribution in [3.05, 3.63) is 70.8 Å². The molecular formula is C16H14F2O. The predicted molar refractivity (Wildman–Crippen MR) is 70.3 cm³/mol. The van der Waals surface area contributed by atoms with E-state index in [2.05, 4.69) is 13.8 Å². The van der Waals surface area contributed by atoms with Crippen LogP contribution in [-0.2, 0) is 0 Å². The summed E-state index contributed by atoms with van der Waals surface area (Å²) in [5.41, 5.74) is 1.39. The van der Waals surface area contributed by atoms with Crippen molar-refractivity contribution < 1.29 is 13.6 Å². The zero-order valence-electron chi connectivity index (χ0n) is 10.8. The molecule has 0 saturated heterocycles. The van der Waals surface area contributed by atoms with Crippen LogP contribution in [0.5, 0.6) is 0 Å². The first kappa shape index (κ1) is 13.4. The van der Waals surface area contributed by atoms with Gasteiger partial charge in [-0.05, 0) is 23.6 Å². The summed E-state index contributed by atoms with van der Waals surface area (Å²) < 4.78 is 26.3. The number of carbonyl (C=O) groups is 1. The molecule has 0 spiro atoms. The molecule has 0 unspecified atom stereocenters. The van der Waals surface area contributed by atoms with Crippen molar-refractivity contribution in [3.63, 3.8) is 0 Å². The summed E-state index contributed by atoms with van der Waals surface area (Å²) in [7, 11) is 0. The van der Waals surface area contributed by atoms with Gasteiger partial charge in [0.1, 0.15) is 11.6 Å². The lowest BCUT2D eigenvalue weighted by atomic mass is 9.98. The van der Waals surface area contributed by atoms with Crippen molar-refractivity contribution in [2.45, 2.75) is 19.8 Å². The third kappa shape index (κ3) is 2.87. The van der Waals surface area contributed by atoms with Crippen LogP contribution in [0.15, 0.2) is 42.5 Å². The smallest absolute Gasteiger partial charge is 0.195 e. The monoisotopic (exact) mass is 260 g/mol. The fraction of sp³-hybridized carbons (Fsp3) is 0.188. The molecule has 0 aliphatic rings. The minimum absolute atomic E-state index is 0.112. The highest BCUT2D eigenvalue weighted by molar-refractivity contribution is 6.09. The highest BCUT2D eigenvalue weighted by Crippen LogP contribution is 2.18.